The molecule has 38 heavy (non-hydrogen) atoms. The number of carbonyl (C=O) groups is 1. The fourth-order valence-electron chi connectivity index (χ4n) is 4.42. The van der Waals surface area contributed by atoms with Crippen molar-refractivity contribution in [3.8, 4) is 5.75 Å². The van der Waals surface area contributed by atoms with Crippen LogP contribution in [-0.4, -0.2) is 31.2 Å². The van der Waals surface area contributed by atoms with E-state index in [9.17, 15) is 4.79 Å². The lowest BCUT2D eigenvalue weighted by Crippen LogP contribution is -2.27. The van der Waals surface area contributed by atoms with Crippen LogP contribution in [0.1, 0.15) is 99.0 Å². The molecule has 0 heterocycles. The molecule has 0 spiro atoms. The zero-order valence-corrected chi connectivity index (χ0v) is 25.4. The van der Waals surface area contributed by atoms with E-state index in [-0.39, 0.29) is 11.7 Å². The third kappa shape index (κ3) is 10.4. The average molecular weight is 524 g/mol. The second-order valence-electron chi connectivity index (χ2n) is 11.2. The fourth-order valence-corrected chi connectivity index (χ4v) is 4.42. The van der Waals surface area contributed by atoms with E-state index >= 15 is 0 Å². The van der Waals surface area contributed by atoms with Gasteiger partial charge in [-0.25, -0.2) is 4.99 Å². The summed E-state index contributed by atoms with van der Waals surface area (Å²) in [5.41, 5.74) is 4.92. The Bertz CT molecular complexity index is 986. The minimum absolute atomic E-state index is 0.0521. The molecule has 0 aliphatic heterocycles. The number of aliphatic imine (C=N–C) groups is 1. The monoisotopic (exact) mass is 523 g/mol. The third-order valence-corrected chi connectivity index (χ3v) is 7.23. The van der Waals surface area contributed by atoms with E-state index in [1.165, 1.54) is 18.4 Å². The van der Waals surface area contributed by atoms with Crippen molar-refractivity contribution in [1.29, 1.82) is 0 Å². The molecular formula is C33H53N3O2. The molecule has 0 radical (unpaired) electrons. The number of hydrogen-bond acceptors (Lipinski definition) is 5. The Hall–Kier alpha value is -2.40. The average Bonchev–Trinajstić information content (AvgIpc) is 3.72. The van der Waals surface area contributed by atoms with Gasteiger partial charge < -0.3 is 15.4 Å². The Labute approximate surface area is 232 Å². The highest BCUT2D eigenvalue weighted by Gasteiger charge is 2.27. The molecule has 0 saturated heterocycles. The summed E-state index contributed by atoms with van der Waals surface area (Å²) >= 11 is 0. The van der Waals surface area contributed by atoms with Gasteiger partial charge in [-0.3, -0.25) is 4.79 Å². The van der Waals surface area contributed by atoms with Gasteiger partial charge in [0.05, 0.1) is 12.3 Å². The fraction of sp³-hybridized carbons (Fsp3) is 0.636. The predicted octanol–water partition coefficient (Wildman–Crippen LogP) is 8.26. The molecule has 0 aromatic heterocycles. The standard InChI is InChI=1S/C33H53N3O2/c1-9-13-27(21-34-18-10-2)22-38-31-20-28(17-14-25(31)8)35-33(24(7)11-3)36-30(19-26-15-16-26)29(12-4)32(37)23(5)6/h12,14,17,20,23,26-27,34-35H,9-11,13,15-16,18-19,21-22H2,1-8H3/b29-12+,33-24-,36-30+/t27-/m1/s1. The number of nitrogens with one attached hydrogen (secondary N) is 2. The van der Waals surface area contributed by atoms with Crippen LogP contribution in [0, 0.1) is 24.7 Å². The lowest BCUT2D eigenvalue weighted by atomic mass is 9.94. The minimum Gasteiger partial charge on any atom is -0.493 e. The maximum absolute atomic E-state index is 13.0. The second-order valence-corrected chi connectivity index (χ2v) is 11.2. The number of ketones is 1. The molecule has 1 aromatic rings. The molecule has 2 rings (SSSR count). The van der Waals surface area contributed by atoms with E-state index < -0.39 is 0 Å². The number of allylic oxidation sites excluding steroid dienone is 3. The molecule has 1 aliphatic rings. The van der Waals surface area contributed by atoms with Crippen molar-refractivity contribution in [3.63, 3.8) is 0 Å². The van der Waals surface area contributed by atoms with Gasteiger partial charge in [0.25, 0.3) is 0 Å². The minimum atomic E-state index is -0.0521. The Balaban J connectivity index is 2.29. The van der Waals surface area contributed by atoms with Crippen LogP contribution in [0.15, 0.2) is 46.2 Å². The number of rotatable bonds is 18. The van der Waals surface area contributed by atoms with E-state index in [1.54, 1.807) is 0 Å². The first-order chi connectivity index (χ1) is 18.2. The predicted molar refractivity (Wildman–Crippen MR) is 163 cm³/mol. The number of aryl methyl sites for hydroxylation is 1. The smallest absolute Gasteiger partial charge is 0.166 e. The topological polar surface area (TPSA) is 62.7 Å². The van der Waals surface area contributed by atoms with Crippen LogP contribution in [0.25, 0.3) is 0 Å². The lowest BCUT2D eigenvalue weighted by molar-refractivity contribution is -0.117. The molecule has 0 amide bonds. The van der Waals surface area contributed by atoms with Gasteiger partial charge in [0, 0.05) is 35.7 Å². The van der Waals surface area contributed by atoms with Gasteiger partial charge >= 0.3 is 0 Å². The van der Waals surface area contributed by atoms with Crippen LogP contribution in [-0.2, 0) is 4.79 Å². The van der Waals surface area contributed by atoms with Crippen molar-refractivity contribution in [2.45, 2.75) is 100 Å². The van der Waals surface area contributed by atoms with Crippen molar-refractivity contribution < 1.29 is 9.53 Å². The Morgan fingerprint density at radius 3 is 2.50 bits per heavy atom. The summed E-state index contributed by atoms with van der Waals surface area (Å²) in [4.78, 5) is 18.2. The van der Waals surface area contributed by atoms with Crippen LogP contribution in [0.4, 0.5) is 5.69 Å². The lowest BCUT2D eigenvalue weighted by Gasteiger charge is -2.20. The Morgan fingerprint density at radius 1 is 1.18 bits per heavy atom. The number of anilines is 1. The molecule has 5 heteroatoms. The first-order valence-corrected chi connectivity index (χ1v) is 14.9. The highest BCUT2D eigenvalue weighted by atomic mass is 16.5. The number of Topliss-reactive ketones (excluding diaryl/α,β-unsaturated/α-hetero) is 1. The summed E-state index contributed by atoms with van der Waals surface area (Å²) in [7, 11) is 0. The van der Waals surface area contributed by atoms with Crippen LogP contribution in [0.3, 0.4) is 0 Å². The zero-order chi connectivity index (χ0) is 28.1. The molecule has 5 nitrogen and oxygen atoms in total. The highest BCUT2D eigenvalue weighted by molar-refractivity contribution is 6.23. The van der Waals surface area contributed by atoms with Crippen molar-refractivity contribution in [3.05, 3.63) is 46.8 Å². The van der Waals surface area contributed by atoms with Gasteiger partial charge in [-0.1, -0.05) is 53.2 Å². The molecule has 2 N–H and O–H groups in total. The second kappa shape index (κ2) is 16.5. The number of ether oxygens (including phenoxy) is 1. The molecule has 212 valence electrons. The van der Waals surface area contributed by atoms with E-state index in [0.717, 1.165) is 79.3 Å². The molecule has 1 aliphatic carbocycles. The largest absolute Gasteiger partial charge is 0.493 e. The summed E-state index contributed by atoms with van der Waals surface area (Å²) < 4.78 is 6.36. The molecule has 1 aromatic carbocycles. The number of carbonyl (C=O) groups excluding carboxylic acids is 1. The molecule has 0 bridgehead atoms. The molecule has 1 fully saturated rings. The molecule has 1 atom stereocenters. The molecule has 0 unspecified atom stereocenters. The van der Waals surface area contributed by atoms with Gasteiger partial charge in [-0.15, -0.1) is 0 Å². The Kier molecular flexibility index (Phi) is 13.8. The van der Waals surface area contributed by atoms with Gasteiger partial charge in [-0.2, -0.15) is 0 Å². The summed E-state index contributed by atoms with van der Waals surface area (Å²) in [5, 5.41) is 7.13. The van der Waals surface area contributed by atoms with Crippen molar-refractivity contribution >= 4 is 17.2 Å². The normalized spacial score (nSPS) is 15.9. The van der Waals surface area contributed by atoms with Crippen LogP contribution in [0.5, 0.6) is 5.75 Å². The highest BCUT2D eigenvalue weighted by Crippen LogP contribution is 2.35. The SMILES string of the molecule is C\C=C(C(=O)C(C)C)/C(CC1CC1)=N/C(Nc1ccc(C)c(OC[C@H](CCC)CNCCC)c1)=C(/C)CC. The van der Waals surface area contributed by atoms with Gasteiger partial charge in [0.2, 0.25) is 0 Å². The van der Waals surface area contributed by atoms with E-state index in [2.05, 4.69) is 63.5 Å². The van der Waals surface area contributed by atoms with E-state index in [1.807, 2.05) is 26.8 Å². The number of benzene rings is 1. The van der Waals surface area contributed by atoms with Gasteiger partial charge in [0.1, 0.15) is 11.6 Å². The number of hydrogen-bond donors (Lipinski definition) is 2. The maximum Gasteiger partial charge on any atom is 0.166 e. The van der Waals surface area contributed by atoms with Gasteiger partial charge in [0.15, 0.2) is 5.78 Å². The number of nitrogens with zero attached hydrogens (tertiary/aromatic N) is 1. The summed E-state index contributed by atoms with van der Waals surface area (Å²) in [6.07, 6.45) is 9.57. The summed E-state index contributed by atoms with van der Waals surface area (Å²) in [5.74, 6) is 2.99. The van der Waals surface area contributed by atoms with E-state index in [4.69, 9.17) is 9.73 Å². The van der Waals surface area contributed by atoms with Gasteiger partial charge in [-0.05, 0) is 89.0 Å². The quantitative estimate of drug-likeness (QED) is 0.115. The van der Waals surface area contributed by atoms with Crippen molar-refractivity contribution in [2.24, 2.45) is 22.7 Å². The van der Waals surface area contributed by atoms with E-state index in [0.29, 0.717) is 18.4 Å². The van der Waals surface area contributed by atoms with Crippen LogP contribution < -0.4 is 15.4 Å². The Morgan fingerprint density at radius 2 is 1.92 bits per heavy atom. The van der Waals surface area contributed by atoms with Crippen LogP contribution in [0.2, 0.25) is 0 Å². The van der Waals surface area contributed by atoms with Crippen molar-refractivity contribution in [1.82, 2.24) is 5.32 Å². The van der Waals surface area contributed by atoms with Crippen LogP contribution >= 0.6 is 0 Å². The molecule has 1 saturated carbocycles. The summed E-state index contributed by atoms with van der Waals surface area (Å²) in [6, 6.07) is 6.28. The third-order valence-electron chi connectivity index (χ3n) is 7.23. The summed E-state index contributed by atoms with van der Waals surface area (Å²) in [6.45, 7) is 19.4. The first kappa shape index (κ1) is 31.8. The maximum atomic E-state index is 13.0. The molecular weight excluding hydrogens is 470 g/mol. The first-order valence-electron chi connectivity index (χ1n) is 14.9. The zero-order valence-electron chi connectivity index (χ0n) is 25.4. The van der Waals surface area contributed by atoms with Crippen molar-refractivity contribution in [2.75, 3.05) is 25.0 Å².